The summed E-state index contributed by atoms with van der Waals surface area (Å²) in [6.45, 7) is 0.312. The summed E-state index contributed by atoms with van der Waals surface area (Å²) >= 11 is 3.44. The van der Waals surface area contributed by atoms with Gasteiger partial charge in [0.15, 0.2) is 0 Å². The average molecular weight is 354 g/mol. The summed E-state index contributed by atoms with van der Waals surface area (Å²) in [5, 5.41) is 3.16. The molecule has 0 radical (unpaired) electrons. The summed E-state index contributed by atoms with van der Waals surface area (Å²) in [5.41, 5.74) is 0.676. The predicted molar refractivity (Wildman–Crippen MR) is 84.9 cm³/mol. The van der Waals surface area contributed by atoms with Crippen molar-refractivity contribution in [3.05, 3.63) is 55.3 Å². The van der Waals surface area contributed by atoms with Gasteiger partial charge in [0.1, 0.15) is 5.75 Å². The molecule has 0 amide bonds. The third kappa shape index (κ3) is 3.18. The molecule has 0 aliphatic carbocycles. The third-order valence-electron chi connectivity index (χ3n) is 3.16. The zero-order valence-electron chi connectivity index (χ0n) is 12.0. The third-order valence-corrected chi connectivity index (χ3v) is 3.85. The van der Waals surface area contributed by atoms with E-state index in [0.29, 0.717) is 17.9 Å². The number of benzene rings is 1. The Labute approximate surface area is 130 Å². The molecule has 1 heterocycles. The van der Waals surface area contributed by atoms with Gasteiger partial charge < -0.3 is 14.6 Å². The van der Waals surface area contributed by atoms with Crippen LogP contribution >= 0.6 is 15.9 Å². The Morgan fingerprint density at radius 2 is 2.00 bits per heavy atom. The summed E-state index contributed by atoms with van der Waals surface area (Å²) in [7, 11) is 4.68. The van der Waals surface area contributed by atoms with Crippen LogP contribution in [0.3, 0.4) is 0 Å². The van der Waals surface area contributed by atoms with Gasteiger partial charge >= 0.3 is 5.69 Å². The summed E-state index contributed by atoms with van der Waals surface area (Å²) in [5.74, 6) is 0.717. The Hall–Kier alpha value is -2.02. The molecular formula is C14H16BrN3O3. The molecule has 7 heteroatoms. The second kappa shape index (κ2) is 6.17. The van der Waals surface area contributed by atoms with E-state index in [1.165, 1.54) is 11.6 Å². The molecule has 2 rings (SSSR count). The topological polar surface area (TPSA) is 65.3 Å². The fourth-order valence-electron chi connectivity index (χ4n) is 1.96. The van der Waals surface area contributed by atoms with Crippen molar-refractivity contribution in [3.63, 3.8) is 0 Å². The molecule has 0 spiro atoms. The molecular weight excluding hydrogens is 338 g/mol. The molecule has 1 aromatic heterocycles. The number of aryl methyl sites for hydroxylation is 1. The zero-order chi connectivity index (χ0) is 15.6. The number of methoxy groups -OCH3 is 1. The van der Waals surface area contributed by atoms with Crippen LogP contribution in [0.5, 0.6) is 5.75 Å². The SMILES string of the molecule is COc1ccc(Br)c(NCc2cn(C)c(=O)n(C)c2=O)c1. The fraction of sp³-hybridized carbons (Fsp3) is 0.286. The van der Waals surface area contributed by atoms with Crippen molar-refractivity contribution in [3.8, 4) is 5.75 Å². The Morgan fingerprint density at radius 1 is 1.29 bits per heavy atom. The van der Waals surface area contributed by atoms with E-state index in [4.69, 9.17) is 4.74 Å². The molecule has 2 aromatic rings. The van der Waals surface area contributed by atoms with Crippen LogP contribution in [0.4, 0.5) is 5.69 Å². The van der Waals surface area contributed by atoms with Crippen molar-refractivity contribution in [2.24, 2.45) is 14.1 Å². The van der Waals surface area contributed by atoms with Gasteiger partial charge in [-0.15, -0.1) is 0 Å². The molecule has 1 aromatic carbocycles. The van der Waals surface area contributed by atoms with E-state index in [1.54, 1.807) is 20.4 Å². The van der Waals surface area contributed by atoms with Crippen molar-refractivity contribution in [1.82, 2.24) is 9.13 Å². The molecule has 6 nitrogen and oxygen atoms in total. The maximum Gasteiger partial charge on any atom is 0.330 e. The van der Waals surface area contributed by atoms with Crippen molar-refractivity contribution < 1.29 is 4.74 Å². The van der Waals surface area contributed by atoms with E-state index >= 15 is 0 Å². The Kier molecular flexibility index (Phi) is 4.52. The van der Waals surface area contributed by atoms with Crippen molar-refractivity contribution >= 4 is 21.6 Å². The van der Waals surface area contributed by atoms with E-state index in [-0.39, 0.29) is 11.2 Å². The van der Waals surface area contributed by atoms with E-state index in [1.807, 2.05) is 18.2 Å². The Bertz CT molecular complexity index is 780. The molecule has 0 saturated heterocycles. The number of aromatic nitrogens is 2. The highest BCUT2D eigenvalue weighted by Gasteiger charge is 2.08. The first-order valence-electron chi connectivity index (χ1n) is 6.27. The first-order chi connectivity index (χ1) is 9.93. The molecule has 0 bridgehead atoms. The molecule has 0 aliphatic heterocycles. The van der Waals surface area contributed by atoms with Gasteiger partial charge in [-0.05, 0) is 28.1 Å². The number of nitrogens with zero attached hydrogens (tertiary/aromatic N) is 2. The zero-order valence-corrected chi connectivity index (χ0v) is 13.6. The molecule has 0 fully saturated rings. The van der Waals surface area contributed by atoms with E-state index in [9.17, 15) is 9.59 Å². The van der Waals surface area contributed by atoms with Gasteiger partial charge in [0.2, 0.25) is 0 Å². The Balaban J connectivity index is 2.29. The smallest absolute Gasteiger partial charge is 0.330 e. The summed E-state index contributed by atoms with van der Waals surface area (Å²) in [6.07, 6.45) is 1.55. The molecule has 0 saturated carbocycles. The summed E-state index contributed by atoms with van der Waals surface area (Å²) in [4.78, 5) is 23.7. The lowest BCUT2D eigenvalue weighted by Crippen LogP contribution is -2.38. The quantitative estimate of drug-likeness (QED) is 0.903. The summed E-state index contributed by atoms with van der Waals surface area (Å²) in [6, 6.07) is 5.52. The van der Waals surface area contributed by atoms with Crippen LogP contribution in [-0.2, 0) is 20.6 Å². The Morgan fingerprint density at radius 3 is 2.67 bits per heavy atom. The lowest BCUT2D eigenvalue weighted by molar-refractivity contribution is 0.415. The van der Waals surface area contributed by atoms with E-state index < -0.39 is 0 Å². The highest BCUT2D eigenvalue weighted by molar-refractivity contribution is 9.10. The van der Waals surface area contributed by atoms with Crippen LogP contribution in [0.2, 0.25) is 0 Å². The van der Waals surface area contributed by atoms with Crippen LogP contribution in [-0.4, -0.2) is 16.2 Å². The molecule has 0 unspecified atom stereocenters. The number of hydrogen-bond donors (Lipinski definition) is 1. The number of hydrogen-bond acceptors (Lipinski definition) is 4. The normalized spacial score (nSPS) is 10.5. The molecule has 0 atom stereocenters. The number of rotatable bonds is 4. The highest BCUT2D eigenvalue weighted by atomic mass is 79.9. The van der Waals surface area contributed by atoms with Gasteiger partial charge in [-0.1, -0.05) is 0 Å². The minimum absolute atomic E-state index is 0.301. The minimum Gasteiger partial charge on any atom is -0.497 e. The second-order valence-electron chi connectivity index (χ2n) is 4.61. The highest BCUT2D eigenvalue weighted by Crippen LogP contribution is 2.27. The van der Waals surface area contributed by atoms with E-state index in [0.717, 1.165) is 14.7 Å². The molecule has 21 heavy (non-hydrogen) atoms. The van der Waals surface area contributed by atoms with Crippen LogP contribution in [0, 0.1) is 0 Å². The van der Waals surface area contributed by atoms with Crippen LogP contribution < -0.4 is 21.3 Å². The largest absolute Gasteiger partial charge is 0.497 e. The average Bonchev–Trinajstić information content (AvgIpc) is 2.49. The summed E-state index contributed by atoms with van der Waals surface area (Å²) < 4.78 is 8.52. The predicted octanol–water partition coefficient (Wildman–Crippen LogP) is 1.47. The minimum atomic E-state index is -0.341. The second-order valence-corrected chi connectivity index (χ2v) is 5.47. The van der Waals surface area contributed by atoms with Crippen LogP contribution in [0.1, 0.15) is 5.56 Å². The number of anilines is 1. The van der Waals surface area contributed by atoms with Gasteiger partial charge in [-0.2, -0.15) is 0 Å². The van der Waals surface area contributed by atoms with Crippen molar-refractivity contribution in [2.45, 2.75) is 6.54 Å². The molecule has 112 valence electrons. The lowest BCUT2D eigenvalue weighted by Gasteiger charge is -2.11. The number of ether oxygens (including phenoxy) is 1. The number of nitrogens with one attached hydrogen (secondary N) is 1. The van der Waals surface area contributed by atoms with Gasteiger partial charge in [-0.3, -0.25) is 9.36 Å². The fourth-order valence-corrected chi connectivity index (χ4v) is 2.35. The maximum absolute atomic E-state index is 12.0. The first-order valence-corrected chi connectivity index (χ1v) is 7.06. The van der Waals surface area contributed by atoms with Gasteiger partial charge in [0, 0.05) is 37.4 Å². The van der Waals surface area contributed by atoms with Crippen LogP contribution in [0.15, 0.2) is 38.5 Å². The van der Waals surface area contributed by atoms with Gasteiger partial charge in [0.05, 0.1) is 18.4 Å². The van der Waals surface area contributed by atoms with E-state index in [2.05, 4.69) is 21.2 Å². The molecule has 1 N–H and O–H groups in total. The van der Waals surface area contributed by atoms with Crippen molar-refractivity contribution in [1.29, 1.82) is 0 Å². The molecule has 0 aliphatic rings. The number of halogens is 1. The first kappa shape index (κ1) is 15.4. The van der Waals surface area contributed by atoms with Gasteiger partial charge in [0.25, 0.3) is 5.56 Å². The maximum atomic E-state index is 12.0. The standard InChI is InChI=1S/C14H16BrN3O3/c1-17-8-9(13(19)18(2)14(17)20)7-16-12-6-10(21-3)4-5-11(12)15/h4-6,8,16H,7H2,1-3H3. The van der Waals surface area contributed by atoms with Gasteiger partial charge in [-0.25, -0.2) is 4.79 Å². The lowest BCUT2D eigenvalue weighted by atomic mass is 10.2. The monoisotopic (exact) mass is 353 g/mol. The van der Waals surface area contributed by atoms with Crippen molar-refractivity contribution in [2.75, 3.05) is 12.4 Å². The van der Waals surface area contributed by atoms with Crippen LogP contribution in [0.25, 0.3) is 0 Å².